The molecule has 1 fully saturated rings. The molecule has 1 rings (SSSR count). The molecular weight excluding hydrogens is 202 g/mol. The van der Waals surface area contributed by atoms with Crippen LogP contribution in [0.2, 0.25) is 0 Å². The predicted molar refractivity (Wildman–Crippen MR) is 52.6 cm³/mol. The third-order valence-corrected chi connectivity index (χ3v) is 2.07. The first-order chi connectivity index (χ1) is 7.07. The second-order valence-corrected chi connectivity index (χ2v) is 3.27. The fourth-order valence-electron chi connectivity index (χ4n) is 1.33. The number of rotatable bonds is 2. The molecule has 0 aromatic carbocycles. The third-order valence-electron chi connectivity index (χ3n) is 2.07. The minimum atomic E-state index is -1.82. The van der Waals surface area contributed by atoms with Gasteiger partial charge in [-0.2, -0.15) is 0 Å². The highest BCUT2D eigenvalue weighted by molar-refractivity contribution is 6.27. The summed E-state index contributed by atoms with van der Waals surface area (Å²) in [4.78, 5) is 18.2. The van der Waals surface area contributed by atoms with E-state index in [0.29, 0.717) is 12.6 Å². The Hall–Kier alpha value is -1.14. The van der Waals surface area contributed by atoms with Crippen LogP contribution >= 0.6 is 0 Å². The van der Waals surface area contributed by atoms with E-state index in [9.17, 15) is 0 Å². The maximum atomic E-state index is 9.10. The molecular formula is C9H17NO5. The summed E-state index contributed by atoms with van der Waals surface area (Å²) < 4.78 is 0. The summed E-state index contributed by atoms with van der Waals surface area (Å²) in [6.45, 7) is 1.47. The van der Waals surface area contributed by atoms with Gasteiger partial charge in [-0.05, 0) is 25.8 Å². The summed E-state index contributed by atoms with van der Waals surface area (Å²) in [5, 5.41) is 26.7. The number of aliphatic hydroxyl groups excluding tert-OH is 1. The van der Waals surface area contributed by atoms with Gasteiger partial charge in [0.25, 0.3) is 0 Å². The minimum absolute atomic E-state index is 0.331. The third kappa shape index (κ3) is 7.90. The van der Waals surface area contributed by atoms with Crippen LogP contribution in [0.4, 0.5) is 0 Å². The number of carbonyl (C=O) groups is 2. The number of hydrogen-bond acceptors (Lipinski definition) is 4. The number of aliphatic carboxylic acids is 2. The quantitative estimate of drug-likeness (QED) is 0.474. The fraction of sp³-hybridized carbons (Fsp3) is 0.778. The lowest BCUT2D eigenvalue weighted by molar-refractivity contribution is -0.159. The molecule has 1 saturated heterocycles. The van der Waals surface area contributed by atoms with Gasteiger partial charge < -0.3 is 20.6 Å². The van der Waals surface area contributed by atoms with Crippen LogP contribution in [0.1, 0.15) is 25.7 Å². The molecule has 1 aliphatic heterocycles. The van der Waals surface area contributed by atoms with Crippen molar-refractivity contribution in [2.24, 2.45) is 0 Å². The molecule has 0 radical (unpaired) electrons. The lowest BCUT2D eigenvalue weighted by atomic mass is 10.0. The molecule has 1 aliphatic rings. The Morgan fingerprint density at radius 2 is 1.80 bits per heavy atom. The number of aliphatic hydroxyl groups is 1. The van der Waals surface area contributed by atoms with E-state index >= 15 is 0 Å². The van der Waals surface area contributed by atoms with Crippen LogP contribution in [0.5, 0.6) is 0 Å². The van der Waals surface area contributed by atoms with Crippen LogP contribution in [0, 0.1) is 0 Å². The van der Waals surface area contributed by atoms with E-state index in [2.05, 4.69) is 5.32 Å². The van der Waals surface area contributed by atoms with Gasteiger partial charge in [0.2, 0.25) is 0 Å². The molecule has 0 bridgehead atoms. The van der Waals surface area contributed by atoms with E-state index in [1.807, 2.05) is 0 Å². The summed E-state index contributed by atoms with van der Waals surface area (Å²) >= 11 is 0. The zero-order valence-corrected chi connectivity index (χ0v) is 8.48. The molecule has 0 aliphatic carbocycles. The number of hydrogen-bond donors (Lipinski definition) is 4. The highest BCUT2D eigenvalue weighted by Crippen LogP contribution is 2.08. The SMILES string of the molecule is O=C(O)C(=O)O.OCCC1CCCCN1. The van der Waals surface area contributed by atoms with Gasteiger partial charge in [-0.15, -0.1) is 0 Å². The maximum absolute atomic E-state index is 9.10. The molecule has 1 heterocycles. The van der Waals surface area contributed by atoms with Crippen LogP contribution in [-0.4, -0.2) is 46.5 Å². The average Bonchev–Trinajstić information content (AvgIpc) is 2.20. The van der Waals surface area contributed by atoms with Gasteiger partial charge in [-0.3, -0.25) is 0 Å². The van der Waals surface area contributed by atoms with Gasteiger partial charge in [-0.1, -0.05) is 6.42 Å². The molecule has 6 heteroatoms. The first kappa shape index (κ1) is 13.9. The second kappa shape index (κ2) is 8.19. The molecule has 4 N–H and O–H groups in total. The Bertz CT molecular complexity index is 186. The molecule has 88 valence electrons. The molecule has 1 unspecified atom stereocenters. The Morgan fingerprint density at radius 3 is 2.13 bits per heavy atom. The molecule has 0 aromatic rings. The van der Waals surface area contributed by atoms with Crippen molar-refractivity contribution >= 4 is 11.9 Å². The van der Waals surface area contributed by atoms with Crippen LogP contribution in [-0.2, 0) is 9.59 Å². The van der Waals surface area contributed by atoms with Gasteiger partial charge in [-0.25, -0.2) is 9.59 Å². The van der Waals surface area contributed by atoms with Gasteiger partial charge in [0.15, 0.2) is 0 Å². The number of nitrogens with one attached hydrogen (secondary N) is 1. The van der Waals surface area contributed by atoms with E-state index in [0.717, 1.165) is 13.0 Å². The van der Waals surface area contributed by atoms with Crippen LogP contribution in [0.3, 0.4) is 0 Å². The highest BCUT2D eigenvalue weighted by atomic mass is 16.4. The second-order valence-electron chi connectivity index (χ2n) is 3.27. The lowest BCUT2D eigenvalue weighted by Crippen LogP contribution is -2.34. The Labute approximate surface area is 87.9 Å². The Morgan fingerprint density at radius 1 is 1.20 bits per heavy atom. The largest absolute Gasteiger partial charge is 0.473 e. The van der Waals surface area contributed by atoms with E-state index in [-0.39, 0.29) is 0 Å². The molecule has 1 atom stereocenters. The molecule has 6 nitrogen and oxygen atoms in total. The molecule has 15 heavy (non-hydrogen) atoms. The van der Waals surface area contributed by atoms with Crippen LogP contribution in [0.25, 0.3) is 0 Å². The molecule has 0 saturated carbocycles. The van der Waals surface area contributed by atoms with Crippen molar-refractivity contribution < 1.29 is 24.9 Å². The summed E-state index contributed by atoms with van der Waals surface area (Å²) in [7, 11) is 0. The Balaban J connectivity index is 0.000000288. The van der Waals surface area contributed by atoms with Crippen molar-refractivity contribution in [2.75, 3.05) is 13.2 Å². The number of piperidine rings is 1. The molecule has 0 aromatic heterocycles. The topological polar surface area (TPSA) is 107 Å². The standard InChI is InChI=1S/C7H15NO.C2H2O4/c9-6-4-7-3-1-2-5-8-7;3-1(4)2(5)6/h7-9H,1-6H2;(H,3,4)(H,5,6). The van der Waals surface area contributed by atoms with E-state index in [4.69, 9.17) is 24.9 Å². The van der Waals surface area contributed by atoms with Crippen molar-refractivity contribution in [3.05, 3.63) is 0 Å². The lowest BCUT2D eigenvalue weighted by Gasteiger charge is -2.22. The first-order valence-electron chi connectivity index (χ1n) is 4.88. The Kier molecular flexibility index (Phi) is 7.57. The summed E-state index contributed by atoms with van der Waals surface area (Å²) in [5.74, 6) is -3.65. The van der Waals surface area contributed by atoms with Crippen molar-refractivity contribution in [3.63, 3.8) is 0 Å². The number of carboxylic acid groups (broad SMARTS) is 2. The van der Waals surface area contributed by atoms with Gasteiger partial charge in [0.05, 0.1) is 0 Å². The van der Waals surface area contributed by atoms with Crippen LogP contribution in [0.15, 0.2) is 0 Å². The van der Waals surface area contributed by atoms with Crippen molar-refractivity contribution in [1.82, 2.24) is 5.32 Å². The summed E-state index contributed by atoms with van der Waals surface area (Å²) in [5.41, 5.74) is 0. The van der Waals surface area contributed by atoms with Crippen molar-refractivity contribution in [2.45, 2.75) is 31.7 Å². The van der Waals surface area contributed by atoms with Crippen molar-refractivity contribution in [1.29, 1.82) is 0 Å². The number of carboxylic acids is 2. The molecule has 0 amide bonds. The zero-order valence-electron chi connectivity index (χ0n) is 8.48. The van der Waals surface area contributed by atoms with Gasteiger partial charge in [0.1, 0.15) is 0 Å². The normalized spacial score (nSPS) is 19.9. The van der Waals surface area contributed by atoms with Gasteiger partial charge >= 0.3 is 11.9 Å². The fourth-order valence-corrected chi connectivity index (χ4v) is 1.33. The minimum Gasteiger partial charge on any atom is -0.473 e. The average molecular weight is 219 g/mol. The van der Waals surface area contributed by atoms with Gasteiger partial charge in [0, 0.05) is 12.6 Å². The maximum Gasteiger partial charge on any atom is 0.414 e. The smallest absolute Gasteiger partial charge is 0.414 e. The van der Waals surface area contributed by atoms with E-state index in [1.54, 1.807) is 0 Å². The molecule has 0 spiro atoms. The monoisotopic (exact) mass is 219 g/mol. The van der Waals surface area contributed by atoms with E-state index in [1.165, 1.54) is 19.3 Å². The summed E-state index contributed by atoms with van der Waals surface area (Å²) in [6, 6.07) is 0.601. The zero-order chi connectivity index (χ0) is 11.7. The summed E-state index contributed by atoms with van der Waals surface area (Å²) in [6.07, 6.45) is 4.82. The van der Waals surface area contributed by atoms with Crippen molar-refractivity contribution in [3.8, 4) is 0 Å². The van der Waals surface area contributed by atoms with Crippen LogP contribution < -0.4 is 5.32 Å². The highest BCUT2D eigenvalue weighted by Gasteiger charge is 2.10. The van der Waals surface area contributed by atoms with E-state index < -0.39 is 11.9 Å². The predicted octanol–water partition coefficient (Wildman–Crippen LogP) is -0.333. The first-order valence-corrected chi connectivity index (χ1v) is 4.88.